The number of aryl methyl sites for hydroxylation is 1. The molecule has 1 atom stereocenters. The van der Waals surface area contributed by atoms with Crippen LogP contribution in [0.4, 0.5) is 11.5 Å². The summed E-state index contributed by atoms with van der Waals surface area (Å²) in [6.07, 6.45) is 4.18. The third kappa shape index (κ3) is 3.01. The van der Waals surface area contributed by atoms with Crippen LogP contribution in [0, 0.1) is 12.8 Å². The first-order chi connectivity index (χ1) is 14.4. The van der Waals surface area contributed by atoms with Crippen molar-refractivity contribution in [1.29, 1.82) is 0 Å². The zero-order valence-corrected chi connectivity index (χ0v) is 17.0. The van der Waals surface area contributed by atoms with E-state index in [-0.39, 0.29) is 17.2 Å². The molecule has 2 N–H and O–H groups in total. The molecule has 2 aliphatic heterocycles. The first-order valence-corrected chi connectivity index (χ1v) is 10.3. The van der Waals surface area contributed by atoms with Crippen LogP contribution < -0.4 is 15.8 Å². The summed E-state index contributed by atoms with van der Waals surface area (Å²) < 4.78 is 1.59. The van der Waals surface area contributed by atoms with Crippen LogP contribution in [-0.4, -0.2) is 33.0 Å². The van der Waals surface area contributed by atoms with E-state index in [2.05, 4.69) is 10.2 Å². The molecule has 3 aromatic rings. The molecule has 2 saturated heterocycles. The Bertz CT molecular complexity index is 1210. The van der Waals surface area contributed by atoms with Gasteiger partial charge in [0.05, 0.1) is 11.6 Å². The Balaban J connectivity index is 1.58. The molecule has 3 aliphatic rings. The lowest BCUT2D eigenvalue weighted by molar-refractivity contribution is 0.0698. The molecule has 1 saturated carbocycles. The van der Waals surface area contributed by atoms with Gasteiger partial charge >= 0.3 is 5.97 Å². The van der Waals surface area contributed by atoms with Crippen LogP contribution in [0.15, 0.2) is 47.4 Å². The quantitative estimate of drug-likeness (QED) is 0.677. The summed E-state index contributed by atoms with van der Waals surface area (Å²) in [7, 11) is 0. The van der Waals surface area contributed by atoms with Crippen LogP contribution >= 0.6 is 0 Å². The van der Waals surface area contributed by atoms with E-state index in [4.69, 9.17) is 4.98 Å². The largest absolute Gasteiger partial charge is 0.478 e. The zero-order valence-electron chi connectivity index (χ0n) is 17.0. The van der Waals surface area contributed by atoms with Crippen LogP contribution in [0.25, 0.3) is 5.65 Å². The lowest BCUT2D eigenvalue weighted by atomic mass is 9.86. The predicted octanol–water partition coefficient (Wildman–Crippen LogP) is 3.47. The fourth-order valence-electron chi connectivity index (χ4n) is 4.74. The predicted molar refractivity (Wildman–Crippen MR) is 115 cm³/mol. The number of carboxylic acid groups (broad SMARTS) is 1. The van der Waals surface area contributed by atoms with E-state index in [0.29, 0.717) is 17.4 Å². The Morgan fingerprint density at radius 2 is 2.03 bits per heavy atom. The van der Waals surface area contributed by atoms with Crippen LogP contribution in [0.1, 0.15) is 47.3 Å². The highest BCUT2D eigenvalue weighted by atomic mass is 16.4. The van der Waals surface area contributed by atoms with E-state index in [1.807, 2.05) is 19.9 Å². The van der Waals surface area contributed by atoms with Gasteiger partial charge in [0.15, 0.2) is 0 Å². The maximum atomic E-state index is 12.9. The van der Waals surface area contributed by atoms with Crippen LogP contribution in [0.5, 0.6) is 0 Å². The Labute approximate surface area is 174 Å². The first-order valence-electron chi connectivity index (χ1n) is 10.3. The van der Waals surface area contributed by atoms with Gasteiger partial charge in [-0.2, -0.15) is 0 Å². The molecule has 0 amide bonds. The number of aromatic carboxylic acids is 1. The minimum absolute atomic E-state index is 0.0952. The van der Waals surface area contributed by atoms with Crippen molar-refractivity contribution < 1.29 is 9.90 Å². The van der Waals surface area contributed by atoms with E-state index >= 15 is 0 Å². The second-order valence-corrected chi connectivity index (χ2v) is 8.48. The average Bonchev–Trinajstić information content (AvgIpc) is 3.29. The van der Waals surface area contributed by atoms with Gasteiger partial charge in [0.1, 0.15) is 11.5 Å². The molecular weight excluding hydrogens is 380 g/mol. The lowest BCUT2D eigenvalue weighted by Gasteiger charge is -2.27. The normalized spacial score (nSPS) is 20.8. The van der Waals surface area contributed by atoms with Gasteiger partial charge in [-0.05, 0) is 56.4 Å². The number of aromatic nitrogens is 2. The van der Waals surface area contributed by atoms with E-state index in [9.17, 15) is 14.7 Å². The van der Waals surface area contributed by atoms with Crippen molar-refractivity contribution >= 4 is 23.1 Å². The molecule has 7 nitrogen and oxygen atoms in total. The molecule has 0 unspecified atom stereocenters. The molecule has 30 heavy (non-hydrogen) atoms. The molecule has 1 aliphatic carbocycles. The second kappa shape index (κ2) is 6.86. The van der Waals surface area contributed by atoms with Crippen molar-refractivity contribution in [2.24, 2.45) is 5.92 Å². The van der Waals surface area contributed by atoms with Gasteiger partial charge in [-0.25, -0.2) is 9.78 Å². The summed E-state index contributed by atoms with van der Waals surface area (Å²) in [4.78, 5) is 31.6. The number of hydrogen-bond acceptors (Lipinski definition) is 5. The molecule has 154 valence electrons. The van der Waals surface area contributed by atoms with Crippen molar-refractivity contribution in [1.82, 2.24) is 9.38 Å². The molecule has 7 heteroatoms. The van der Waals surface area contributed by atoms with Gasteiger partial charge in [-0.1, -0.05) is 12.1 Å². The topological polar surface area (TPSA) is 86.9 Å². The van der Waals surface area contributed by atoms with Crippen molar-refractivity contribution in [3.8, 4) is 0 Å². The lowest BCUT2D eigenvalue weighted by Crippen LogP contribution is -2.31. The van der Waals surface area contributed by atoms with E-state index in [1.54, 1.807) is 40.9 Å². The number of anilines is 2. The summed E-state index contributed by atoms with van der Waals surface area (Å²) >= 11 is 0. The Morgan fingerprint density at radius 3 is 2.73 bits per heavy atom. The number of nitrogens with one attached hydrogen (secondary N) is 1. The number of nitrogens with zero attached hydrogens (tertiary/aromatic N) is 3. The standard InChI is InChI=1S/C23H24N4O3/c1-13-7-18(14(2)24-19-6-4-3-5-17(19)23(29)30)22-25-20(10-21(28)27(22)11-13)26-12-15-8-16(26)9-15/h3-7,10-11,14-16,24H,8-9,12H2,1-2H3,(H,29,30)/t14-,15?,16?/m1/s1. The summed E-state index contributed by atoms with van der Waals surface area (Å²) in [5.41, 5.74) is 3.07. The van der Waals surface area contributed by atoms with Gasteiger partial charge < -0.3 is 15.3 Å². The summed E-state index contributed by atoms with van der Waals surface area (Å²) in [5.74, 6) is 0.484. The average molecular weight is 404 g/mol. The molecule has 2 bridgehead atoms. The number of carboxylic acids is 1. The Hall–Kier alpha value is -3.35. The van der Waals surface area contributed by atoms with E-state index in [1.165, 1.54) is 12.8 Å². The molecule has 0 radical (unpaired) electrons. The fraction of sp³-hybridized carbons (Fsp3) is 0.348. The van der Waals surface area contributed by atoms with Gasteiger partial charge in [-0.15, -0.1) is 0 Å². The van der Waals surface area contributed by atoms with Gasteiger partial charge in [0, 0.05) is 36.1 Å². The van der Waals surface area contributed by atoms with Gasteiger partial charge in [0.25, 0.3) is 5.56 Å². The maximum Gasteiger partial charge on any atom is 0.337 e. The monoisotopic (exact) mass is 404 g/mol. The zero-order chi connectivity index (χ0) is 21.0. The number of fused-ring (bicyclic) bond motifs is 2. The first kappa shape index (κ1) is 18.7. The maximum absolute atomic E-state index is 12.9. The fourth-order valence-corrected chi connectivity index (χ4v) is 4.74. The molecule has 2 aromatic heterocycles. The highest BCUT2D eigenvalue weighted by Gasteiger charge is 2.43. The number of rotatable bonds is 5. The van der Waals surface area contributed by atoms with Crippen LogP contribution in [0.2, 0.25) is 0 Å². The summed E-state index contributed by atoms with van der Waals surface area (Å²) in [6.45, 7) is 4.86. The molecule has 0 spiro atoms. The third-order valence-electron chi connectivity index (χ3n) is 6.31. The minimum atomic E-state index is -0.982. The van der Waals surface area contributed by atoms with Crippen molar-refractivity contribution in [2.75, 3.05) is 16.8 Å². The highest BCUT2D eigenvalue weighted by Crippen LogP contribution is 2.42. The Kier molecular flexibility index (Phi) is 4.27. The van der Waals surface area contributed by atoms with Crippen molar-refractivity contribution in [3.63, 3.8) is 0 Å². The molecule has 1 aromatic carbocycles. The summed E-state index contributed by atoms with van der Waals surface area (Å²) in [5, 5.41) is 12.8. The number of pyridine rings is 1. The SMILES string of the molecule is Cc1cc([C@@H](C)Nc2ccccc2C(=O)O)c2nc(N3CC4CC3C4)cc(=O)n2c1. The van der Waals surface area contributed by atoms with Crippen LogP contribution in [0.3, 0.4) is 0 Å². The van der Waals surface area contributed by atoms with E-state index in [0.717, 1.165) is 29.4 Å². The molecular formula is C23H24N4O3. The second-order valence-electron chi connectivity index (χ2n) is 8.48. The van der Waals surface area contributed by atoms with Crippen molar-refractivity contribution in [3.05, 3.63) is 69.6 Å². The number of hydrogen-bond donors (Lipinski definition) is 2. The molecule has 3 fully saturated rings. The van der Waals surface area contributed by atoms with Gasteiger partial charge in [-0.3, -0.25) is 9.20 Å². The molecule has 4 heterocycles. The smallest absolute Gasteiger partial charge is 0.337 e. The highest BCUT2D eigenvalue weighted by molar-refractivity contribution is 5.94. The Morgan fingerprint density at radius 1 is 1.27 bits per heavy atom. The third-order valence-corrected chi connectivity index (χ3v) is 6.31. The number of benzene rings is 1. The van der Waals surface area contributed by atoms with Crippen LogP contribution in [-0.2, 0) is 0 Å². The number of para-hydroxylation sites is 1. The van der Waals surface area contributed by atoms with E-state index < -0.39 is 5.97 Å². The summed E-state index contributed by atoms with van der Waals surface area (Å²) in [6, 6.07) is 10.7. The van der Waals surface area contributed by atoms with Gasteiger partial charge in [0.2, 0.25) is 0 Å². The van der Waals surface area contributed by atoms with Crippen molar-refractivity contribution in [2.45, 2.75) is 38.8 Å². The molecule has 6 rings (SSSR count). The minimum Gasteiger partial charge on any atom is -0.478 e. The number of carbonyl (C=O) groups is 1.